The van der Waals surface area contributed by atoms with E-state index in [1.165, 1.54) is 0 Å². The molecule has 1 N–H and O–H groups in total. The maximum atomic E-state index is 12.2. The largest absolute Gasteiger partial charge is 0.497 e. The molecule has 0 saturated heterocycles. The van der Waals surface area contributed by atoms with Crippen LogP contribution < -0.4 is 14.2 Å². The molecule has 0 aromatic heterocycles. The van der Waals surface area contributed by atoms with Crippen molar-refractivity contribution in [3.8, 4) is 11.5 Å². The van der Waals surface area contributed by atoms with Crippen LogP contribution in [0.5, 0.6) is 11.5 Å². The maximum absolute atomic E-state index is 12.2. The van der Waals surface area contributed by atoms with Crippen LogP contribution in [-0.4, -0.2) is 28.2 Å². The molecule has 0 spiro atoms. The molecule has 0 aliphatic rings. The third-order valence-electron chi connectivity index (χ3n) is 3.42. The Balaban J connectivity index is 1.85. The van der Waals surface area contributed by atoms with E-state index in [1.807, 2.05) is 31.2 Å². The van der Waals surface area contributed by atoms with Gasteiger partial charge in [0, 0.05) is 0 Å². The van der Waals surface area contributed by atoms with Crippen LogP contribution in [0.25, 0.3) is 0 Å². The lowest BCUT2D eigenvalue weighted by atomic mass is 10.2. The van der Waals surface area contributed by atoms with Gasteiger partial charge in [-0.25, -0.2) is 13.1 Å². The molecule has 0 fully saturated rings. The Kier molecular flexibility index (Phi) is 6.23. The van der Waals surface area contributed by atoms with Crippen LogP contribution in [0.3, 0.4) is 0 Å². The second-order valence-electron chi connectivity index (χ2n) is 5.75. The summed E-state index contributed by atoms with van der Waals surface area (Å²) in [6, 6.07) is 14.3. The molecule has 0 unspecified atom stereocenters. The third kappa shape index (κ3) is 5.86. The zero-order valence-corrected chi connectivity index (χ0v) is 15.0. The molecule has 6 heteroatoms. The van der Waals surface area contributed by atoms with Crippen LogP contribution >= 0.6 is 0 Å². The van der Waals surface area contributed by atoms with Crippen molar-refractivity contribution < 1.29 is 17.9 Å². The van der Waals surface area contributed by atoms with Crippen molar-refractivity contribution in [3.63, 3.8) is 0 Å². The molecule has 5 nitrogen and oxygen atoms in total. The average molecular weight is 349 g/mol. The number of ether oxygens (including phenoxy) is 2. The Morgan fingerprint density at radius 3 is 2.17 bits per heavy atom. The highest BCUT2D eigenvalue weighted by atomic mass is 32.2. The predicted octanol–water partition coefficient (Wildman–Crippen LogP) is 2.89. The van der Waals surface area contributed by atoms with E-state index in [-0.39, 0.29) is 18.4 Å². The molecule has 24 heavy (non-hydrogen) atoms. The Morgan fingerprint density at radius 2 is 1.58 bits per heavy atom. The molecule has 2 rings (SSSR count). The van der Waals surface area contributed by atoms with Gasteiger partial charge in [0.15, 0.2) is 0 Å². The molecule has 0 radical (unpaired) electrons. The van der Waals surface area contributed by atoms with Crippen LogP contribution in [0.15, 0.2) is 48.5 Å². The molecule has 2 aromatic rings. The second kappa shape index (κ2) is 8.17. The normalized spacial score (nSPS) is 12.6. The first-order valence-corrected chi connectivity index (χ1v) is 9.35. The number of sulfonamides is 1. The Labute approximate surface area is 143 Å². The molecule has 0 aliphatic heterocycles. The monoisotopic (exact) mass is 349 g/mol. The molecule has 0 heterocycles. The maximum Gasteiger partial charge on any atom is 0.216 e. The Bertz CT molecular complexity index is 740. The lowest BCUT2D eigenvalue weighted by Gasteiger charge is -2.15. The zero-order valence-electron chi connectivity index (χ0n) is 14.2. The lowest BCUT2D eigenvalue weighted by molar-refractivity contribution is 0.287. The van der Waals surface area contributed by atoms with Crippen LogP contribution in [-0.2, 0) is 15.8 Å². The first-order valence-electron chi connectivity index (χ1n) is 7.70. The van der Waals surface area contributed by atoms with Gasteiger partial charge in [-0.3, -0.25) is 0 Å². The van der Waals surface area contributed by atoms with Crippen LogP contribution in [0, 0.1) is 6.92 Å². The molecular weight excluding hydrogens is 326 g/mol. The fourth-order valence-electron chi connectivity index (χ4n) is 2.18. The summed E-state index contributed by atoms with van der Waals surface area (Å²) < 4.78 is 37.7. The number of hydrogen-bond donors (Lipinski definition) is 1. The van der Waals surface area contributed by atoms with Crippen LogP contribution in [0.2, 0.25) is 0 Å². The number of rotatable bonds is 8. The van der Waals surface area contributed by atoms with Crippen molar-refractivity contribution in [3.05, 3.63) is 59.7 Å². The number of aryl methyl sites for hydroxylation is 1. The lowest BCUT2D eigenvalue weighted by Crippen LogP contribution is -2.37. The highest BCUT2D eigenvalue weighted by molar-refractivity contribution is 7.88. The fourth-order valence-corrected chi connectivity index (χ4v) is 3.57. The first kappa shape index (κ1) is 18.3. The third-order valence-corrected chi connectivity index (χ3v) is 4.89. The Hall–Kier alpha value is -2.05. The molecule has 0 amide bonds. The van der Waals surface area contributed by atoms with E-state index in [0.29, 0.717) is 5.75 Å². The molecule has 0 aliphatic carbocycles. The average Bonchev–Trinajstić information content (AvgIpc) is 2.55. The topological polar surface area (TPSA) is 64.6 Å². The number of methoxy groups -OCH3 is 1. The second-order valence-corrected chi connectivity index (χ2v) is 7.50. The number of benzene rings is 2. The summed E-state index contributed by atoms with van der Waals surface area (Å²) in [6.07, 6.45) is 0. The van der Waals surface area contributed by atoms with Gasteiger partial charge in [0.2, 0.25) is 10.0 Å². The van der Waals surface area contributed by atoms with Crippen LogP contribution in [0.4, 0.5) is 0 Å². The van der Waals surface area contributed by atoms with E-state index >= 15 is 0 Å². The molecule has 0 saturated carbocycles. The Morgan fingerprint density at radius 1 is 1.00 bits per heavy atom. The molecule has 0 bridgehead atoms. The van der Waals surface area contributed by atoms with E-state index in [2.05, 4.69) is 4.72 Å². The van der Waals surface area contributed by atoms with Crippen molar-refractivity contribution in [1.29, 1.82) is 0 Å². The molecular formula is C18H23NO4S. The minimum atomic E-state index is -3.41. The van der Waals surface area contributed by atoms with E-state index in [0.717, 1.165) is 16.9 Å². The summed E-state index contributed by atoms with van der Waals surface area (Å²) in [5.41, 5.74) is 1.86. The smallest absolute Gasteiger partial charge is 0.216 e. The van der Waals surface area contributed by atoms with Gasteiger partial charge in [-0.2, -0.15) is 0 Å². The van der Waals surface area contributed by atoms with Crippen molar-refractivity contribution in [2.24, 2.45) is 0 Å². The quantitative estimate of drug-likeness (QED) is 0.796. The summed E-state index contributed by atoms with van der Waals surface area (Å²) in [7, 11) is -1.81. The van der Waals surface area contributed by atoms with E-state index in [4.69, 9.17) is 9.47 Å². The SMILES string of the molecule is COc1ccc(OC[C@@H](C)NS(=O)(=O)Cc2ccc(C)cc2)cc1. The number of nitrogens with one attached hydrogen (secondary N) is 1. The standard InChI is InChI=1S/C18H23NO4S/c1-14-4-6-16(7-5-14)13-24(20,21)19-15(2)12-23-18-10-8-17(22-3)9-11-18/h4-11,15,19H,12-13H2,1-3H3/t15-/m1/s1. The van der Waals surface area contributed by atoms with E-state index in [9.17, 15) is 8.42 Å². The van der Waals surface area contributed by atoms with Crippen molar-refractivity contribution in [1.82, 2.24) is 4.72 Å². The van der Waals surface area contributed by atoms with Gasteiger partial charge in [0.05, 0.1) is 18.9 Å². The predicted molar refractivity (Wildman–Crippen MR) is 94.9 cm³/mol. The van der Waals surface area contributed by atoms with Crippen molar-refractivity contribution in [2.75, 3.05) is 13.7 Å². The van der Waals surface area contributed by atoms with Gasteiger partial charge in [-0.05, 0) is 43.7 Å². The fraction of sp³-hybridized carbons (Fsp3) is 0.333. The van der Waals surface area contributed by atoms with Gasteiger partial charge < -0.3 is 9.47 Å². The van der Waals surface area contributed by atoms with Crippen molar-refractivity contribution >= 4 is 10.0 Å². The molecule has 2 aromatic carbocycles. The van der Waals surface area contributed by atoms with Gasteiger partial charge >= 0.3 is 0 Å². The van der Waals surface area contributed by atoms with E-state index < -0.39 is 10.0 Å². The van der Waals surface area contributed by atoms with Gasteiger partial charge in [-0.1, -0.05) is 29.8 Å². The highest BCUT2D eigenvalue weighted by Crippen LogP contribution is 2.17. The zero-order chi connectivity index (χ0) is 17.6. The van der Waals surface area contributed by atoms with Crippen molar-refractivity contribution in [2.45, 2.75) is 25.6 Å². The van der Waals surface area contributed by atoms with Gasteiger partial charge in [0.25, 0.3) is 0 Å². The van der Waals surface area contributed by atoms with Gasteiger partial charge in [0.1, 0.15) is 18.1 Å². The molecule has 130 valence electrons. The first-order chi connectivity index (χ1) is 11.4. The molecule has 1 atom stereocenters. The van der Waals surface area contributed by atoms with Gasteiger partial charge in [-0.15, -0.1) is 0 Å². The summed E-state index contributed by atoms with van der Waals surface area (Å²) in [4.78, 5) is 0. The summed E-state index contributed by atoms with van der Waals surface area (Å²) in [6.45, 7) is 3.99. The summed E-state index contributed by atoms with van der Waals surface area (Å²) in [5, 5.41) is 0. The van der Waals surface area contributed by atoms with E-state index in [1.54, 1.807) is 38.3 Å². The summed E-state index contributed by atoms with van der Waals surface area (Å²) >= 11 is 0. The minimum Gasteiger partial charge on any atom is -0.497 e. The minimum absolute atomic E-state index is 0.0415. The highest BCUT2D eigenvalue weighted by Gasteiger charge is 2.15. The summed E-state index contributed by atoms with van der Waals surface area (Å²) in [5.74, 6) is 1.37. The number of hydrogen-bond acceptors (Lipinski definition) is 4. The van der Waals surface area contributed by atoms with Crippen LogP contribution in [0.1, 0.15) is 18.1 Å².